The summed E-state index contributed by atoms with van der Waals surface area (Å²) < 4.78 is 0. The highest BCUT2D eigenvalue weighted by atomic mass is 35.5. The van der Waals surface area contributed by atoms with E-state index >= 15 is 0 Å². The van der Waals surface area contributed by atoms with Crippen molar-refractivity contribution in [2.75, 3.05) is 0 Å². The Hall–Kier alpha value is -0.600. The van der Waals surface area contributed by atoms with Gasteiger partial charge in [-0.1, -0.05) is 31.4 Å². The summed E-state index contributed by atoms with van der Waals surface area (Å²) >= 11 is 5.88. The molecule has 0 fully saturated rings. The molecular formula is C10H14ClNO. The maximum absolute atomic E-state index is 9.72. The van der Waals surface area contributed by atoms with Crippen molar-refractivity contribution in [1.82, 2.24) is 4.98 Å². The second-order valence-electron chi connectivity index (χ2n) is 3.06. The van der Waals surface area contributed by atoms with Crippen molar-refractivity contribution in [2.24, 2.45) is 0 Å². The number of hydrogen-bond donors (Lipinski definition) is 1. The van der Waals surface area contributed by atoms with E-state index in [4.69, 9.17) is 11.6 Å². The molecular weight excluding hydrogens is 186 g/mol. The minimum atomic E-state index is -0.449. The van der Waals surface area contributed by atoms with Crippen LogP contribution in [0.15, 0.2) is 18.5 Å². The van der Waals surface area contributed by atoms with E-state index in [0.29, 0.717) is 5.02 Å². The molecule has 0 aliphatic rings. The van der Waals surface area contributed by atoms with E-state index in [1.165, 1.54) is 0 Å². The van der Waals surface area contributed by atoms with Crippen LogP contribution in [0.5, 0.6) is 0 Å². The van der Waals surface area contributed by atoms with Crippen LogP contribution in [0, 0.1) is 0 Å². The number of aliphatic hydroxyl groups excluding tert-OH is 1. The first kappa shape index (κ1) is 10.5. The average molecular weight is 200 g/mol. The Morgan fingerprint density at radius 2 is 2.38 bits per heavy atom. The Balaban J connectivity index is 2.65. The van der Waals surface area contributed by atoms with Crippen molar-refractivity contribution in [3.05, 3.63) is 29.0 Å². The number of unbranched alkanes of at least 4 members (excludes halogenated alkanes) is 1. The lowest BCUT2D eigenvalue weighted by Crippen LogP contribution is -1.98. The molecule has 13 heavy (non-hydrogen) atoms. The molecule has 0 bridgehead atoms. The zero-order valence-corrected chi connectivity index (χ0v) is 8.46. The number of hydrogen-bond acceptors (Lipinski definition) is 2. The summed E-state index contributed by atoms with van der Waals surface area (Å²) in [6.07, 6.45) is 5.62. The van der Waals surface area contributed by atoms with Gasteiger partial charge in [-0.3, -0.25) is 4.98 Å². The van der Waals surface area contributed by atoms with Crippen molar-refractivity contribution in [2.45, 2.75) is 32.3 Å². The molecule has 72 valence electrons. The number of nitrogens with zero attached hydrogens (tertiary/aromatic N) is 1. The van der Waals surface area contributed by atoms with Crippen molar-refractivity contribution in [3.8, 4) is 0 Å². The topological polar surface area (TPSA) is 33.1 Å². The zero-order chi connectivity index (χ0) is 9.68. The minimum absolute atomic E-state index is 0.449. The molecule has 0 aromatic carbocycles. The van der Waals surface area contributed by atoms with Gasteiger partial charge in [-0.05, 0) is 12.5 Å². The van der Waals surface area contributed by atoms with Crippen molar-refractivity contribution >= 4 is 11.6 Å². The van der Waals surface area contributed by atoms with E-state index in [9.17, 15) is 5.11 Å². The van der Waals surface area contributed by atoms with E-state index in [1.807, 2.05) is 0 Å². The number of aromatic nitrogens is 1. The lowest BCUT2D eigenvalue weighted by molar-refractivity contribution is 0.164. The molecule has 1 aromatic heterocycles. The summed E-state index contributed by atoms with van der Waals surface area (Å²) in [7, 11) is 0. The summed E-state index contributed by atoms with van der Waals surface area (Å²) in [6, 6.07) is 1.77. The van der Waals surface area contributed by atoms with Gasteiger partial charge in [-0.25, -0.2) is 0 Å². The normalized spacial score (nSPS) is 12.8. The van der Waals surface area contributed by atoms with Gasteiger partial charge in [0.25, 0.3) is 0 Å². The van der Waals surface area contributed by atoms with Crippen LogP contribution < -0.4 is 0 Å². The van der Waals surface area contributed by atoms with Crippen molar-refractivity contribution in [3.63, 3.8) is 0 Å². The molecule has 1 unspecified atom stereocenters. The van der Waals surface area contributed by atoms with Crippen LogP contribution in [0.1, 0.15) is 37.9 Å². The number of halogens is 1. The van der Waals surface area contributed by atoms with Crippen molar-refractivity contribution < 1.29 is 5.11 Å². The fourth-order valence-corrected chi connectivity index (χ4v) is 1.45. The van der Waals surface area contributed by atoms with Crippen LogP contribution in [-0.2, 0) is 0 Å². The number of aliphatic hydroxyl groups is 1. The van der Waals surface area contributed by atoms with Crippen LogP contribution >= 0.6 is 11.6 Å². The predicted molar refractivity (Wildman–Crippen MR) is 53.7 cm³/mol. The van der Waals surface area contributed by atoms with Crippen LogP contribution in [0.25, 0.3) is 0 Å². The molecule has 0 radical (unpaired) electrons. The SMILES string of the molecule is CCCCC(O)c1ccncc1Cl. The maximum atomic E-state index is 9.72. The monoisotopic (exact) mass is 199 g/mol. The van der Waals surface area contributed by atoms with Gasteiger partial charge >= 0.3 is 0 Å². The van der Waals surface area contributed by atoms with Gasteiger partial charge in [0.15, 0.2) is 0 Å². The van der Waals surface area contributed by atoms with Gasteiger partial charge < -0.3 is 5.11 Å². The molecule has 0 aliphatic carbocycles. The molecule has 1 heterocycles. The highest BCUT2D eigenvalue weighted by molar-refractivity contribution is 6.31. The second-order valence-corrected chi connectivity index (χ2v) is 3.46. The van der Waals surface area contributed by atoms with Crippen LogP contribution in [-0.4, -0.2) is 10.1 Å². The molecule has 0 aliphatic heterocycles. The number of rotatable bonds is 4. The lowest BCUT2D eigenvalue weighted by atomic mass is 10.1. The molecule has 1 N–H and O–H groups in total. The van der Waals surface area contributed by atoms with Gasteiger partial charge in [0.05, 0.1) is 11.1 Å². The van der Waals surface area contributed by atoms with Gasteiger partial charge in [0, 0.05) is 18.0 Å². The van der Waals surface area contributed by atoms with Gasteiger partial charge in [-0.15, -0.1) is 0 Å². The molecule has 0 saturated carbocycles. The predicted octanol–water partition coefficient (Wildman–Crippen LogP) is 2.96. The standard InChI is InChI=1S/C10H14ClNO/c1-2-3-4-10(13)8-5-6-12-7-9(8)11/h5-7,10,13H,2-4H2,1H3. The summed E-state index contributed by atoms with van der Waals surface area (Å²) in [5, 5.41) is 10.3. The fourth-order valence-electron chi connectivity index (χ4n) is 1.21. The van der Waals surface area contributed by atoms with Crippen molar-refractivity contribution in [1.29, 1.82) is 0 Å². The Kier molecular flexibility index (Phi) is 4.19. The van der Waals surface area contributed by atoms with E-state index in [-0.39, 0.29) is 0 Å². The van der Waals surface area contributed by atoms with E-state index in [1.54, 1.807) is 18.5 Å². The summed E-state index contributed by atoms with van der Waals surface area (Å²) in [5.74, 6) is 0. The minimum Gasteiger partial charge on any atom is -0.388 e. The third-order valence-electron chi connectivity index (χ3n) is 1.99. The quantitative estimate of drug-likeness (QED) is 0.809. The Bertz CT molecular complexity index is 265. The molecule has 0 amide bonds. The highest BCUT2D eigenvalue weighted by Gasteiger charge is 2.09. The second kappa shape index (κ2) is 5.20. The Morgan fingerprint density at radius 1 is 1.62 bits per heavy atom. The summed E-state index contributed by atoms with van der Waals surface area (Å²) in [5.41, 5.74) is 0.783. The molecule has 2 nitrogen and oxygen atoms in total. The largest absolute Gasteiger partial charge is 0.388 e. The van der Waals surface area contributed by atoms with Gasteiger partial charge in [-0.2, -0.15) is 0 Å². The fraction of sp³-hybridized carbons (Fsp3) is 0.500. The van der Waals surface area contributed by atoms with Gasteiger partial charge in [0.2, 0.25) is 0 Å². The van der Waals surface area contributed by atoms with Gasteiger partial charge in [0.1, 0.15) is 0 Å². The third kappa shape index (κ3) is 2.98. The average Bonchev–Trinajstić information content (AvgIpc) is 2.15. The lowest BCUT2D eigenvalue weighted by Gasteiger charge is -2.10. The molecule has 1 aromatic rings. The van der Waals surface area contributed by atoms with E-state index in [0.717, 1.165) is 24.8 Å². The summed E-state index contributed by atoms with van der Waals surface area (Å²) in [6.45, 7) is 2.10. The molecule has 1 rings (SSSR count). The summed E-state index contributed by atoms with van der Waals surface area (Å²) in [4.78, 5) is 3.86. The van der Waals surface area contributed by atoms with Crippen LogP contribution in [0.3, 0.4) is 0 Å². The van der Waals surface area contributed by atoms with E-state index < -0.39 is 6.10 Å². The van der Waals surface area contributed by atoms with Crippen LogP contribution in [0.4, 0.5) is 0 Å². The smallest absolute Gasteiger partial charge is 0.0805 e. The van der Waals surface area contributed by atoms with E-state index in [2.05, 4.69) is 11.9 Å². The first-order valence-electron chi connectivity index (χ1n) is 4.53. The molecule has 3 heteroatoms. The molecule has 0 spiro atoms. The first-order chi connectivity index (χ1) is 6.25. The molecule has 0 saturated heterocycles. The number of pyridine rings is 1. The highest BCUT2D eigenvalue weighted by Crippen LogP contribution is 2.25. The first-order valence-corrected chi connectivity index (χ1v) is 4.91. The zero-order valence-electron chi connectivity index (χ0n) is 7.70. The van der Waals surface area contributed by atoms with Crippen LogP contribution in [0.2, 0.25) is 5.02 Å². The third-order valence-corrected chi connectivity index (χ3v) is 2.31. The molecule has 1 atom stereocenters. The maximum Gasteiger partial charge on any atom is 0.0805 e. The Morgan fingerprint density at radius 3 is 3.00 bits per heavy atom. The Labute approximate surface area is 83.6 Å².